The summed E-state index contributed by atoms with van der Waals surface area (Å²) in [7, 11) is -4.02. The molecule has 204 valence electrons. The van der Waals surface area contributed by atoms with Gasteiger partial charge in [0.25, 0.3) is 15.9 Å². The first-order valence-corrected chi connectivity index (χ1v) is 14.0. The molecule has 8 nitrogen and oxygen atoms in total. The molecule has 0 unspecified atom stereocenters. The number of ether oxygens (including phenoxy) is 1. The molecule has 4 rings (SSSR count). The SMILES string of the molecule is CC(C)c1ccc(N(CC(=O)N/N=C/c2ccc(OC(=O)c3ccccc3)cc2)S(=O)(=O)c2ccccc2)cc1. The van der Waals surface area contributed by atoms with Crippen molar-refractivity contribution in [2.45, 2.75) is 24.7 Å². The van der Waals surface area contributed by atoms with E-state index in [4.69, 9.17) is 4.74 Å². The van der Waals surface area contributed by atoms with Crippen LogP contribution in [0.3, 0.4) is 0 Å². The molecule has 0 fully saturated rings. The van der Waals surface area contributed by atoms with Crippen molar-refractivity contribution in [1.82, 2.24) is 5.43 Å². The van der Waals surface area contributed by atoms with E-state index in [9.17, 15) is 18.0 Å². The molecule has 0 spiro atoms. The molecule has 4 aromatic carbocycles. The van der Waals surface area contributed by atoms with Crippen LogP contribution >= 0.6 is 0 Å². The predicted molar refractivity (Wildman–Crippen MR) is 155 cm³/mol. The van der Waals surface area contributed by atoms with Crippen LogP contribution in [0.1, 0.15) is 41.3 Å². The number of rotatable bonds is 10. The number of hydrazone groups is 1. The maximum atomic E-state index is 13.5. The van der Waals surface area contributed by atoms with Crippen molar-refractivity contribution >= 4 is 33.8 Å². The summed E-state index contributed by atoms with van der Waals surface area (Å²) < 4.78 is 33.3. The van der Waals surface area contributed by atoms with Gasteiger partial charge >= 0.3 is 5.97 Å². The molecule has 0 radical (unpaired) electrons. The standard InChI is InChI=1S/C31H29N3O5S/c1-23(2)25-15-17-27(18-16-25)34(40(37,38)29-11-7-4-8-12-29)22-30(35)33-32-21-24-13-19-28(20-14-24)39-31(36)26-9-5-3-6-10-26/h3-21,23H,22H2,1-2H3,(H,33,35)/b32-21+. The zero-order chi connectivity index (χ0) is 28.5. The fourth-order valence-electron chi connectivity index (χ4n) is 3.77. The smallest absolute Gasteiger partial charge is 0.343 e. The fraction of sp³-hybridized carbons (Fsp3) is 0.129. The van der Waals surface area contributed by atoms with Crippen LogP contribution in [-0.4, -0.2) is 33.1 Å². The molecular formula is C31H29N3O5S. The summed E-state index contributed by atoms with van der Waals surface area (Å²) in [5.74, 6) is -0.448. The second-order valence-electron chi connectivity index (χ2n) is 9.19. The Labute approximate surface area is 234 Å². The van der Waals surface area contributed by atoms with Gasteiger partial charge in [0.2, 0.25) is 0 Å². The lowest BCUT2D eigenvalue weighted by molar-refractivity contribution is -0.119. The van der Waals surface area contributed by atoms with Crippen molar-refractivity contribution in [3.8, 4) is 5.75 Å². The first-order valence-electron chi connectivity index (χ1n) is 12.6. The Kier molecular flexibility index (Phi) is 9.08. The van der Waals surface area contributed by atoms with E-state index in [-0.39, 0.29) is 10.8 Å². The van der Waals surface area contributed by atoms with Gasteiger partial charge in [-0.1, -0.05) is 62.4 Å². The molecule has 0 aromatic heterocycles. The fourth-order valence-corrected chi connectivity index (χ4v) is 5.21. The maximum absolute atomic E-state index is 13.5. The zero-order valence-electron chi connectivity index (χ0n) is 22.1. The first-order chi connectivity index (χ1) is 19.2. The molecule has 0 aliphatic rings. The van der Waals surface area contributed by atoms with E-state index in [1.54, 1.807) is 78.9 Å². The Morgan fingerprint density at radius 3 is 2.05 bits per heavy atom. The van der Waals surface area contributed by atoms with Gasteiger partial charge in [0, 0.05) is 0 Å². The van der Waals surface area contributed by atoms with Crippen LogP contribution in [0.25, 0.3) is 0 Å². The van der Waals surface area contributed by atoms with Crippen molar-refractivity contribution in [3.63, 3.8) is 0 Å². The molecular weight excluding hydrogens is 526 g/mol. The largest absolute Gasteiger partial charge is 0.423 e. The van der Waals surface area contributed by atoms with Gasteiger partial charge in [-0.3, -0.25) is 9.10 Å². The summed E-state index contributed by atoms with van der Waals surface area (Å²) >= 11 is 0. The number of hydrogen-bond acceptors (Lipinski definition) is 6. The third-order valence-corrected chi connectivity index (χ3v) is 7.76. The highest BCUT2D eigenvalue weighted by Gasteiger charge is 2.27. The molecule has 0 aliphatic carbocycles. The topological polar surface area (TPSA) is 105 Å². The first kappa shape index (κ1) is 28.3. The van der Waals surface area contributed by atoms with Crippen molar-refractivity contribution in [3.05, 3.63) is 126 Å². The van der Waals surface area contributed by atoms with Crippen molar-refractivity contribution in [2.75, 3.05) is 10.8 Å². The predicted octanol–water partition coefficient (Wildman–Crippen LogP) is 5.37. The molecule has 9 heteroatoms. The normalized spacial score (nSPS) is 11.4. The molecule has 1 N–H and O–H groups in total. The lowest BCUT2D eigenvalue weighted by atomic mass is 10.0. The van der Waals surface area contributed by atoms with Gasteiger partial charge < -0.3 is 4.74 Å². The minimum atomic E-state index is -4.02. The highest BCUT2D eigenvalue weighted by molar-refractivity contribution is 7.92. The molecule has 0 atom stereocenters. The Balaban J connectivity index is 1.43. The Hall–Kier alpha value is -4.76. The number of sulfonamides is 1. The Morgan fingerprint density at radius 1 is 0.850 bits per heavy atom. The van der Waals surface area contributed by atoms with E-state index in [1.807, 2.05) is 32.0 Å². The quantitative estimate of drug-likeness (QED) is 0.123. The maximum Gasteiger partial charge on any atom is 0.343 e. The van der Waals surface area contributed by atoms with Crippen LogP contribution in [-0.2, 0) is 14.8 Å². The van der Waals surface area contributed by atoms with Crippen molar-refractivity contribution in [2.24, 2.45) is 5.10 Å². The van der Waals surface area contributed by atoms with Gasteiger partial charge in [-0.25, -0.2) is 18.6 Å². The number of esters is 1. The molecule has 0 saturated carbocycles. The molecule has 4 aromatic rings. The average Bonchev–Trinajstić information content (AvgIpc) is 2.97. The third-order valence-electron chi connectivity index (χ3n) is 5.97. The summed E-state index contributed by atoms with van der Waals surface area (Å²) in [5.41, 5.74) is 4.89. The second kappa shape index (κ2) is 12.9. The van der Waals surface area contributed by atoms with E-state index in [0.717, 1.165) is 9.87 Å². The summed E-state index contributed by atoms with van der Waals surface area (Å²) in [5, 5.41) is 3.96. The number of benzene rings is 4. The zero-order valence-corrected chi connectivity index (χ0v) is 22.9. The van der Waals surface area contributed by atoms with Gasteiger partial charge in [0.15, 0.2) is 0 Å². The van der Waals surface area contributed by atoms with Gasteiger partial charge in [-0.05, 0) is 77.7 Å². The number of anilines is 1. The number of carbonyl (C=O) groups excluding carboxylic acids is 2. The number of amides is 1. The summed E-state index contributed by atoms with van der Waals surface area (Å²) in [4.78, 5) is 25.1. The van der Waals surface area contributed by atoms with E-state index in [0.29, 0.717) is 22.6 Å². The minimum absolute atomic E-state index is 0.0762. The van der Waals surface area contributed by atoms with Crippen LogP contribution in [0.2, 0.25) is 0 Å². The highest BCUT2D eigenvalue weighted by Crippen LogP contribution is 2.25. The van der Waals surface area contributed by atoms with Crippen LogP contribution < -0.4 is 14.5 Å². The van der Waals surface area contributed by atoms with Crippen LogP contribution in [0.15, 0.2) is 119 Å². The number of hydrogen-bond donors (Lipinski definition) is 1. The average molecular weight is 556 g/mol. The van der Waals surface area contributed by atoms with Crippen LogP contribution in [0.4, 0.5) is 5.69 Å². The Bertz CT molecular complexity index is 1570. The van der Waals surface area contributed by atoms with E-state index < -0.39 is 28.4 Å². The Morgan fingerprint density at radius 2 is 1.45 bits per heavy atom. The third kappa shape index (κ3) is 7.21. The van der Waals surface area contributed by atoms with Crippen LogP contribution in [0.5, 0.6) is 5.75 Å². The molecule has 0 heterocycles. The van der Waals surface area contributed by atoms with Crippen LogP contribution in [0, 0.1) is 0 Å². The summed E-state index contributed by atoms with van der Waals surface area (Å²) in [6.45, 7) is 3.62. The summed E-state index contributed by atoms with van der Waals surface area (Å²) in [6, 6.07) is 30.3. The minimum Gasteiger partial charge on any atom is -0.423 e. The van der Waals surface area contributed by atoms with Crippen molar-refractivity contribution < 1.29 is 22.7 Å². The molecule has 0 aliphatic heterocycles. The van der Waals surface area contributed by atoms with Gasteiger partial charge in [0.1, 0.15) is 12.3 Å². The van der Waals surface area contributed by atoms with E-state index in [1.165, 1.54) is 18.3 Å². The lowest BCUT2D eigenvalue weighted by Gasteiger charge is -2.24. The molecule has 0 bridgehead atoms. The summed E-state index contributed by atoms with van der Waals surface area (Å²) in [6.07, 6.45) is 1.41. The number of nitrogens with zero attached hydrogens (tertiary/aromatic N) is 2. The van der Waals surface area contributed by atoms with Gasteiger partial charge in [-0.2, -0.15) is 5.10 Å². The molecule has 1 amide bonds. The monoisotopic (exact) mass is 555 g/mol. The second-order valence-corrected chi connectivity index (χ2v) is 11.1. The number of carbonyl (C=O) groups is 2. The van der Waals surface area contributed by atoms with E-state index >= 15 is 0 Å². The van der Waals surface area contributed by atoms with E-state index in [2.05, 4.69) is 10.5 Å². The number of nitrogens with one attached hydrogen (secondary N) is 1. The van der Waals surface area contributed by atoms with Gasteiger partial charge in [-0.15, -0.1) is 0 Å². The molecule has 0 saturated heterocycles. The highest BCUT2D eigenvalue weighted by atomic mass is 32.2. The molecule has 40 heavy (non-hydrogen) atoms. The lowest BCUT2D eigenvalue weighted by Crippen LogP contribution is -2.39. The van der Waals surface area contributed by atoms with Gasteiger partial charge in [0.05, 0.1) is 22.4 Å². The van der Waals surface area contributed by atoms with Crippen molar-refractivity contribution in [1.29, 1.82) is 0 Å².